The van der Waals surface area contributed by atoms with Crippen LogP contribution in [-0.2, 0) is 24.7 Å². The summed E-state index contributed by atoms with van der Waals surface area (Å²) in [7, 11) is -1.12. The molecule has 2 aliphatic carbocycles. The summed E-state index contributed by atoms with van der Waals surface area (Å²) in [4.78, 5) is 0. The minimum atomic E-state index is -1.12. The number of rotatable bonds is 1. The molecule has 0 radical (unpaired) electrons. The molecule has 0 fully saturated rings. The van der Waals surface area contributed by atoms with Crippen LogP contribution in [0, 0.1) is 0 Å². The zero-order valence-corrected chi connectivity index (χ0v) is 22.3. The number of hydrogen-bond acceptors (Lipinski definition) is 0. The van der Waals surface area contributed by atoms with Crippen molar-refractivity contribution in [3.8, 4) is 5.69 Å². The molecule has 3 aromatic rings. The van der Waals surface area contributed by atoms with E-state index in [4.69, 9.17) is 0 Å². The molecule has 0 spiro atoms. The maximum atomic E-state index is 2.51. The Bertz CT molecular complexity index is 1130. The predicted octanol–water partition coefficient (Wildman–Crippen LogP) is 0.458. The van der Waals surface area contributed by atoms with Crippen LogP contribution < -0.4 is 24.8 Å². The van der Waals surface area contributed by atoms with Crippen molar-refractivity contribution in [3.63, 3.8) is 0 Å². The van der Waals surface area contributed by atoms with Crippen molar-refractivity contribution in [2.45, 2.75) is 29.2 Å². The van der Waals surface area contributed by atoms with E-state index in [1.807, 2.05) is 0 Å². The number of allylic oxidation sites excluding steroid dienone is 2. The van der Waals surface area contributed by atoms with E-state index in [0.717, 1.165) is 5.54 Å². The summed E-state index contributed by atoms with van der Waals surface area (Å²) in [5.74, 6) is 0. The van der Waals surface area contributed by atoms with Gasteiger partial charge in [-0.2, -0.15) is 0 Å². The molecule has 1 aromatic heterocycles. The van der Waals surface area contributed by atoms with Crippen molar-refractivity contribution in [2.24, 2.45) is 0 Å². The average molecular weight is 529 g/mol. The zero-order valence-electron chi connectivity index (χ0n) is 17.4. The minimum absolute atomic E-state index is 0. The fourth-order valence-corrected chi connectivity index (χ4v) is 10.6. The Morgan fingerprint density at radius 2 is 1.53 bits per heavy atom. The summed E-state index contributed by atoms with van der Waals surface area (Å²) in [6, 6.07) is 19.2. The molecule has 2 aliphatic heterocycles. The first-order valence-corrected chi connectivity index (χ1v) is 14.5. The third kappa shape index (κ3) is 3.58. The number of nitrogens with zero attached hydrogens (tertiary/aromatic N) is 1. The van der Waals surface area contributed by atoms with E-state index < -0.39 is 8.07 Å². The first-order valence-electron chi connectivity index (χ1n) is 9.95. The van der Waals surface area contributed by atoms with Crippen molar-refractivity contribution < 1.29 is 49.5 Å². The van der Waals surface area contributed by atoms with Gasteiger partial charge in [0.2, 0.25) is 0 Å². The van der Waals surface area contributed by atoms with Gasteiger partial charge >= 0.3 is 75.9 Å². The third-order valence-electron chi connectivity index (χ3n) is 6.48. The van der Waals surface area contributed by atoms with Gasteiger partial charge in [-0.25, -0.2) is 0 Å². The molecule has 0 saturated carbocycles. The van der Waals surface area contributed by atoms with Gasteiger partial charge < -0.3 is 29.4 Å². The van der Waals surface area contributed by atoms with Gasteiger partial charge in [-0.15, -0.1) is 0 Å². The van der Waals surface area contributed by atoms with Gasteiger partial charge in [0.05, 0.1) is 8.07 Å². The first-order chi connectivity index (χ1) is 13.5. The van der Waals surface area contributed by atoms with Crippen molar-refractivity contribution in [1.29, 1.82) is 0 Å². The van der Waals surface area contributed by atoms with Gasteiger partial charge in [0.15, 0.2) is 0 Å². The molecule has 151 valence electrons. The second-order valence-electron chi connectivity index (χ2n) is 8.55. The Kier molecular flexibility index (Phi) is 6.90. The monoisotopic (exact) mass is 526 g/mol. The summed E-state index contributed by atoms with van der Waals surface area (Å²) in [6.07, 6.45) is 9.19. The van der Waals surface area contributed by atoms with Crippen LogP contribution in [0.15, 0.2) is 78.6 Å². The number of halogens is 2. The Morgan fingerprint density at radius 3 is 2.17 bits per heavy atom. The van der Waals surface area contributed by atoms with E-state index >= 15 is 0 Å². The normalized spacial score (nSPS) is 20.8. The van der Waals surface area contributed by atoms with Gasteiger partial charge in [-0.3, -0.25) is 0 Å². The standard InChI is InChI=1S/C16H17NSi.C9H7.2ClH.Zr/c1-11-15-13-9-17(12-7-5-4-6-8-12)10-14(13)16(11)18(15,2)3;1-2-5-9-7-3-6-8(9)4-1;;;/h4-10,15H,1-3H3;1-7H;2*1H;/q;;;;+2/p-2. The van der Waals surface area contributed by atoms with Crippen molar-refractivity contribution in [3.05, 3.63) is 101 Å². The molecule has 2 atom stereocenters. The van der Waals surface area contributed by atoms with Crippen LogP contribution in [-0.4, -0.2) is 12.6 Å². The van der Waals surface area contributed by atoms with Gasteiger partial charge in [-0.05, 0) is 30.2 Å². The molecular formula is C25H24Cl2NSiZr. The van der Waals surface area contributed by atoms with Crippen LogP contribution in [0.3, 0.4) is 0 Å². The van der Waals surface area contributed by atoms with E-state index in [9.17, 15) is 0 Å². The Hall–Kier alpha value is -1.12. The second-order valence-corrected chi connectivity index (χ2v) is 14.6. The molecule has 2 unspecified atom stereocenters. The molecule has 2 aromatic carbocycles. The molecule has 7 rings (SSSR count). The number of fused-ring (bicyclic) bond motifs is 1. The first kappa shape index (κ1) is 23.5. The van der Waals surface area contributed by atoms with Gasteiger partial charge in [0.25, 0.3) is 0 Å². The van der Waals surface area contributed by atoms with Crippen LogP contribution in [0.5, 0.6) is 0 Å². The molecular weight excluding hydrogens is 504 g/mol. The molecule has 5 heteroatoms. The number of hydrogen-bond donors (Lipinski definition) is 0. The topological polar surface area (TPSA) is 4.93 Å². The van der Waals surface area contributed by atoms with Crippen LogP contribution in [0.25, 0.3) is 17.0 Å². The molecule has 4 aliphatic rings. The number of para-hydroxylation sites is 1. The molecule has 0 amide bonds. The van der Waals surface area contributed by atoms with E-state index in [0.29, 0.717) is 3.63 Å². The number of aromatic nitrogens is 1. The summed E-state index contributed by atoms with van der Waals surface area (Å²) < 4.78 is 3.00. The van der Waals surface area contributed by atoms with Gasteiger partial charge in [-0.1, -0.05) is 42.1 Å². The van der Waals surface area contributed by atoms with E-state index in [-0.39, 0.29) is 24.8 Å². The van der Waals surface area contributed by atoms with Crippen molar-refractivity contribution in [2.75, 3.05) is 0 Å². The van der Waals surface area contributed by atoms with Crippen LogP contribution in [0.1, 0.15) is 38.3 Å². The summed E-state index contributed by atoms with van der Waals surface area (Å²) in [6.45, 7) is 7.34. The fourth-order valence-electron chi connectivity index (χ4n) is 5.35. The average Bonchev–Trinajstić information content (AvgIpc) is 3.39. The van der Waals surface area contributed by atoms with Gasteiger partial charge in [0.1, 0.15) is 0 Å². The molecule has 0 saturated heterocycles. The van der Waals surface area contributed by atoms with Crippen molar-refractivity contribution in [1.82, 2.24) is 4.57 Å². The Morgan fingerprint density at radius 1 is 0.867 bits per heavy atom. The Balaban J connectivity index is 0.000000184. The van der Waals surface area contributed by atoms with Crippen molar-refractivity contribution >= 4 is 19.3 Å². The predicted molar refractivity (Wildman–Crippen MR) is 117 cm³/mol. The molecule has 3 heterocycles. The van der Waals surface area contributed by atoms with Gasteiger partial charge in [0, 0.05) is 23.6 Å². The molecule has 0 N–H and O–H groups in total. The summed E-state index contributed by atoms with van der Waals surface area (Å²) >= 11 is 1.59. The summed E-state index contributed by atoms with van der Waals surface area (Å²) in [5.41, 5.74) is 9.74. The molecule has 1 nitrogen and oxygen atoms in total. The quantitative estimate of drug-likeness (QED) is 0.405. The van der Waals surface area contributed by atoms with E-state index in [1.165, 1.54) is 22.4 Å². The summed E-state index contributed by atoms with van der Waals surface area (Å²) in [5, 5.41) is 1.72. The SMILES string of the molecule is CC1=C2c3cn(-c4ccccc4)cc3C1[Si]2(C)C.[Cl-].[Cl-].[Zr+2][CH]1C=Cc2ccccc21. The fraction of sp³-hybridized carbons (Fsp3) is 0.200. The van der Waals surface area contributed by atoms with Crippen LogP contribution in [0.4, 0.5) is 0 Å². The Labute approximate surface area is 208 Å². The van der Waals surface area contributed by atoms with Crippen LogP contribution >= 0.6 is 0 Å². The molecule has 2 bridgehead atoms. The number of benzene rings is 2. The third-order valence-corrected chi connectivity index (χ3v) is 11.9. The maximum absolute atomic E-state index is 2.51. The second kappa shape index (κ2) is 8.79. The molecule has 30 heavy (non-hydrogen) atoms. The van der Waals surface area contributed by atoms with Crippen LogP contribution in [0.2, 0.25) is 13.1 Å². The van der Waals surface area contributed by atoms with E-state index in [1.54, 1.807) is 41.1 Å². The zero-order chi connectivity index (χ0) is 19.5. The van der Waals surface area contributed by atoms with E-state index in [2.05, 4.69) is 104 Å².